The number of hydrogen-bond acceptors (Lipinski definition) is 1. The Kier molecular flexibility index (Phi) is 2.10. The third-order valence-electron chi connectivity index (χ3n) is 1.77. The van der Waals surface area contributed by atoms with Crippen LogP contribution in [0.4, 0.5) is 0 Å². The molecule has 1 heterocycles. The largest absolute Gasteiger partial charge is 0.342 e. The number of carbonyl (C=O) groups excluding carboxylic acids is 1. The average molecular weight is 139 g/mol. The van der Waals surface area contributed by atoms with E-state index < -0.39 is 0 Å². The molecule has 0 N–H and O–H groups in total. The Balaban J connectivity index is 2.60. The van der Waals surface area contributed by atoms with Crippen LogP contribution in [0.15, 0.2) is 12.2 Å². The highest BCUT2D eigenvalue weighted by molar-refractivity contribution is 5.76. The minimum absolute atomic E-state index is 0.248. The van der Waals surface area contributed by atoms with E-state index in [1.807, 2.05) is 7.05 Å². The summed E-state index contributed by atoms with van der Waals surface area (Å²) in [5.41, 5.74) is 0. The van der Waals surface area contributed by atoms with Crippen LogP contribution in [0.2, 0.25) is 0 Å². The van der Waals surface area contributed by atoms with Crippen molar-refractivity contribution in [3.05, 3.63) is 12.2 Å². The monoisotopic (exact) mass is 139 g/mol. The van der Waals surface area contributed by atoms with Crippen molar-refractivity contribution in [1.82, 2.24) is 4.90 Å². The lowest BCUT2D eigenvalue weighted by Gasteiger charge is -2.12. The molecule has 0 spiro atoms. The van der Waals surface area contributed by atoms with Crippen LogP contribution in [0.25, 0.3) is 0 Å². The summed E-state index contributed by atoms with van der Waals surface area (Å²) >= 11 is 0. The molecule has 0 aliphatic carbocycles. The zero-order valence-corrected chi connectivity index (χ0v) is 6.50. The van der Waals surface area contributed by atoms with Gasteiger partial charge in [-0.2, -0.15) is 0 Å². The van der Waals surface area contributed by atoms with Crippen LogP contribution in [0.3, 0.4) is 0 Å². The molecule has 1 rings (SSSR count). The maximum absolute atomic E-state index is 11.1. The molecule has 2 heteroatoms. The molecule has 1 atom stereocenters. The van der Waals surface area contributed by atoms with Gasteiger partial charge >= 0.3 is 0 Å². The molecule has 1 aliphatic rings. The predicted molar refractivity (Wildman–Crippen MR) is 40.6 cm³/mol. The SMILES string of the molecule is CC1C=CCN(C)C(=O)C1. The van der Waals surface area contributed by atoms with Gasteiger partial charge < -0.3 is 4.90 Å². The molecule has 0 saturated heterocycles. The fourth-order valence-corrected chi connectivity index (χ4v) is 1.05. The topological polar surface area (TPSA) is 20.3 Å². The Hall–Kier alpha value is -0.790. The van der Waals surface area contributed by atoms with Crippen LogP contribution < -0.4 is 0 Å². The first-order chi connectivity index (χ1) is 4.70. The highest BCUT2D eigenvalue weighted by Gasteiger charge is 2.12. The van der Waals surface area contributed by atoms with Gasteiger partial charge in [-0.15, -0.1) is 0 Å². The lowest BCUT2D eigenvalue weighted by atomic mass is 10.1. The summed E-state index contributed by atoms with van der Waals surface area (Å²) < 4.78 is 0. The molecule has 0 saturated carbocycles. The second-order valence-electron chi connectivity index (χ2n) is 2.88. The lowest BCUT2D eigenvalue weighted by Crippen LogP contribution is -2.25. The number of likely N-dealkylation sites (N-methyl/N-ethyl adjacent to an activating group) is 1. The van der Waals surface area contributed by atoms with Gasteiger partial charge in [-0.05, 0) is 5.92 Å². The molecule has 0 aromatic rings. The minimum Gasteiger partial charge on any atom is -0.342 e. The van der Waals surface area contributed by atoms with Crippen LogP contribution in [-0.4, -0.2) is 24.4 Å². The molecule has 1 unspecified atom stereocenters. The second-order valence-corrected chi connectivity index (χ2v) is 2.88. The van der Waals surface area contributed by atoms with Crippen molar-refractivity contribution in [2.45, 2.75) is 13.3 Å². The summed E-state index contributed by atoms with van der Waals surface area (Å²) in [6.45, 7) is 2.83. The summed E-state index contributed by atoms with van der Waals surface area (Å²) in [6.07, 6.45) is 4.81. The molecule has 0 radical (unpaired) electrons. The highest BCUT2D eigenvalue weighted by Crippen LogP contribution is 2.09. The predicted octanol–water partition coefficient (Wildman–Crippen LogP) is 1.04. The summed E-state index contributed by atoms with van der Waals surface area (Å²) in [5, 5.41) is 0. The summed E-state index contributed by atoms with van der Waals surface area (Å²) in [6, 6.07) is 0. The quantitative estimate of drug-likeness (QED) is 0.459. The molecular weight excluding hydrogens is 126 g/mol. The Labute approximate surface area is 61.5 Å². The summed E-state index contributed by atoms with van der Waals surface area (Å²) in [5.74, 6) is 0.662. The van der Waals surface area contributed by atoms with Gasteiger partial charge in [-0.1, -0.05) is 19.1 Å². The third kappa shape index (κ3) is 1.59. The van der Waals surface area contributed by atoms with Crippen molar-refractivity contribution in [2.24, 2.45) is 5.92 Å². The van der Waals surface area contributed by atoms with Gasteiger partial charge in [0.1, 0.15) is 0 Å². The Morgan fingerprint density at radius 2 is 2.40 bits per heavy atom. The third-order valence-corrected chi connectivity index (χ3v) is 1.77. The van der Waals surface area contributed by atoms with Crippen molar-refractivity contribution in [2.75, 3.05) is 13.6 Å². The van der Waals surface area contributed by atoms with E-state index in [1.54, 1.807) is 4.90 Å². The van der Waals surface area contributed by atoms with E-state index >= 15 is 0 Å². The first-order valence-electron chi connectivity index (χ1n) is 3.61. The Morgan fingerprint density at radius 3 is 3.10 bits per heavy atom. The van der Waals surface area contributed by atoms with Gasteiger partial charge in [-0.3, -0.25) is 4.79 Å². The van der Waals surface area contributed by atoms with Crippen LogP contribution in [-0.2, 0) is 4.79 Å². The Bertz CT molecular complexity index is 163. The lowest BCUT2D eigenvalue weighted by molar-refractivity contribution is -0.129. The number of allylic oxidation sites excluding steroid dienone is 1. The standard InChI is InChI=1S/C8H13NO/c1-7-4-3-5-9(2)8(10)6-7/h3-4,7H,5-6H2,1-2H3. The van der Waals surface area contributed by atoms with E-state index in [4.69, 9.17) is 0 Å². The maximum atomic E-state index is 11.1. The molecule has 1 amide bonds. The van der Waals surface area contributed by atoms with E-state index in [0.717, 1.165) is 6.54 Å². The van der Waals surface area contributed by atoms with E-state index in [1.165, 1.54) is 0 Å². The fourth-order valence-electron chi connectivity index (χ4n) is 1.05. The molecule has 0 aromatic heterocycles. The van der Waals surface area contributed by atoms with Crippen LogP contribution in [0.1, 0.15) is 13.3 Å². The average Bonchev–Trinajstić information content (AvgIpc) is 1.96. The molecular formula is C8H13NO. The van der Waals surface area contributed by atoms with Gasteiger partial charge in [0.15, 0.2) is 0 Å². The van der Waals surface area contributed by atoms with Gasteiger partial charge in [-0.25, -0.2) is 0 Å². The Morgan fingerprint density at radius 1 is 1.70 bits per heavy atom. The first kappa shape index (κ1) is 7.32. The van der Waals surface area contributed by atoms with Gasteiger partial charge in [0.2, 0.25) is 5.91 Å². The number of rotatable bonds is 0. The van der Waals surface area contributed by atoms with Gasteiger partial charge in [0.25, 0.3) is 0 Å². The van der Waals surface area contributed by atoms with E-state index in [9.17, 15) is 4.79 Å². The minimum atomic E-state index is 0.248. The van der Waals surface area contributed by atoms with Crippen molar-refractivity contribution in [3.63, 3.8) is 0 Å². The van der Waals surface area contributed by atoms with Gasteiger partial charge in [0.05, 0.1) is 0 Å². The molecule has 10 heavy (non-hydrogen) atoms. The van der Waals surface area contributed by atoms with Crippen LogP contribution in [0, 0.1) is 5.92 Å². The number of nitrogens with zero attached hydrogens (tertiary/aromatic N) is 1. The highest BCUT2D eigenvalue weighted by atomic mass is 16.2. The molecule has 2 nitrogen and oxygen atoms in total. The molecule has 56 valence electrons. The first-order valence-corrected chi connectivity index (χ1v) is 3.61. The molecule has 1 aliphatic heterocycles. The van der Waals surface area contributed by atoms with Crippen LogP contribution in [0.5, 0.6) is 0 Å². The molecule has 0 fully saturated rings. The smallest absolute Gasteiger partial charge is 0.223 e. The van der Waals surface area contributed by atoms with Crippen molar-refractivity contribution in [1.29, 1.82) is 0 Å². The number of amides is 1. The number of hydrogen-bond donors (Lipinski definition) is 0. The normalized spacial score (nSPS) is 26.8. The maximum Gasteiger partial charge on any atom is 0.223 e. The van der Waals surface area contributed by atoms with E-state index in [2.05, 4.69) is 19.1 Å². The van der Waals surface area contributed by atoms with Crippen molar-refractivity contribution in [3.8, 4) is 0 Å². The van der Waals surface area contributed by atoms with Crippen molar-refractivity contribution >= 4 is 5.91 Å². The van der Waals surface area contributed by atoms with E-state index in [-0.39, 0.29) is 5.91 Å². The second kappa shape index (κ2) is 2.86. The summed E-state index contributed by atoms with van der Waals surface area (Å²) in [4.78, 5) is 12.9. The van der Waals surface area contributed by atoms with Crippen molar-refractivity contribution < 1.29 is 4.79 Å². The fraction of sp³-hybridized carbons (Fsp3) is 0.625. The van der Waals surface area contributed by atoms with Crippen LogP contribution >= 0.6 is 0 Å². The molecule has 0 aromatic carbocycles. The zero-order chi connectivity index (χ0) is 7.56. The van der Waals surface area contributed by atoms with E-state index in [0.29, 0.717) is 12.3 Å². The number of carbonyl (C=O) groups is 1. The summed E-state index contributed by atoms with van der Waals surface area (Å²) in [7, 11) is 1.84. The van der Waals surface area contributed by atoms with Gasteiger partial charge in [0, 0.05) is 20.0 Å². The zero-order valence-electron chi connectivity index (χ0n) is 6.50. The molecule has 0 bridgehead atoms.